The third kappa shape index (κ3) is 3.44. The van der Waals surface area contributed by atoms with Gasteiger partial charge in [-0.2, -0.15) is 0 Å². The standard InChI is InChI=1S/C13H17NO6/c1-18-6-7-19-13-11(15)8-12(13)20-10-4-2-9(3-5-10)14(16)17/h2-5,11-13,15H,6-8H2,1H3. The zero-order valence-corrected chi connectivity index (χ0v) is 11.1. The SMILES string of the molecule is COCCOC1C(O)CC1Oc1ccc([N+](=O)[O-])cc1. The molecule has 110 valence electrons. The smallest absolute Gasteiger partial charge is 0.269 e. The Morgan fingerprint density at radius 2 is 2.05 bits per heavy atom. The summed E-state index contributed by atoms with van der Waals surface area (Å²) in [5, 5.41) is 20.2. The summed E-state index contributed by atoms with van der Waals surface area (Å²) >= 11 is 0. The molecule has 1 saturated carbocycles. The number of nitro groups is 1. The number of benzene rings is 1. The number of aliphatic hydroxyl groups is 1. The van der Waals surface area contributed by atoms with Gasteiger partial charge in [-0.25, -0.2) is 0 Å². The molecule has 0 amide bonds. The van der Waals surface area contributed by atoms with E-state index in [1.54, 1.807) is 7.11 Å². The van der Waals surface area contributed by atoms with E-state index in [1.807, 2.05) is 0 Å². The van der Waals surface area contributed by atoms with Crippen LogP contribution in [-0.4, -0.2) is 48.7 Å². The first-order valence-corrected chi connectivity index (χ1v) is 6.31. The van der Waals surface area contributed by atoms with E-state index in [-0.39, 0.29) is 17.9 Å². The zero-order chi connectivity index (χ0) is 14.5. The van der Waals surface area contributed by atoms with Crippen LogP contribution in [0.15, 0.2) is 24.3 Å². The molecule has 0 bridgehead atoms. The highest BCUT2D eigenvalue weighted by atomic mass is 16.6. The molecule has 1 aromatic rings. The Kier molecular flexibility index (Phi) is 4.89. The van der Waals surface area contributed by atoms with Crippen LogP contribution in [-0.2, 0) is 9.47 Å². The number of hydrogen-bond acceptors (Lipinski definition) is 6. The van der Waals surface area contributed by atoms with Gasteiger partial charge in [0.15, 0.2) is 0 Å². The Hall–Kier alpha value is -1.70. The van der Waals surface area contributed by atoms with Crippen LogP contribution in [0, 0.1) is 10.1 Å². The summed E-state index contributed by atoms with van der Waals surface area (Å²) in [6, 6.07) is 5.83. The molecule has 0 saturated heterocycles. The lowest BCUT2D eigenvalue weighted by Crippen LogP contribution is -2.55. The average Bonchev–Trinajstić information content (AvgIpc) is 2.43. The van der Waals surface area contributed by atoms with Crippen LogP contribution in [0.25, 0.3) is 0 Å². The van der Waals surface area contributed by atoms with Crippen molar-refractivity contribution in [3.63, 3.8) is 0 Å². The quantitative estimate of drug-likeness (QED) is 0.458. The van der Waals surface area contributed by atoms with Gasteiger partial charge in [0, 0.05) is 25.7 Å². The highest BCUT2D eigenvalue weighted by molar-refractivity contribution is 5.36. The Labute approximate surface area is 116 Å². The van der Waals surface area contributed by atoms with Gasteiger partial charge in [-0.05, 0) is 12.1 Å². The molecule has 2 rings (SSSR count). The first-order valence-electron chi connectivity index (χ1n) is 6.31. The highest BCUT2D eigenvalue weighted by Gasteiger charge is 2.42. The zero-order valence-electron chi connectivity index (χ0n) is 11.1. The van der Waals surface area contributed by atoms with Gasteiger partial charge in [-0.15, -0.1) is 0 Å². The summed E-state index contributed by atoms with van der Waals surface area (Å²) in [6.45, 7) is 0.839. The van der Waals surface area contributed by atoms with Crippen molar-refractivity contribution in [3.05, 3.63) is 34.4 Å². The number of non-ortho nitro benzene ring substituents is 1. The van der Waals surface area contributed by atoms with Gasteiger partial charge in [-0.3, -0.25) is 10.1 Å². The van der Waals surface area contributed by atoms with E-state index in [2.05, 4.69) is 0 Å². The van der Waals surface area contributed by atoms with Crippen LogP contribution in [0.1, 0.15) is 6.42 Å². The molecular weight excluding hydrogens is 266 g/mol. The van der Waals surface area contributed by atoms with Crippen LogP contribution in [0.5, 0.6) is 5.75 Å². The number of nitro benzene ring substituents is 1. The number of methoxy groups -OCH3 is 1. The molecule has 1 aliphatic carbocycles. The number of rotatable bonds is 7. The third-order valence-corrected chi connectivity index (χ3v) is 3.15. The van der Waals surface area contributed by atoms with E-state index in [9.17, 15) is 15.2 Å². The Morgan fingerprint density at radius 1 is 1.35 bits per heavy atom. The summed E-state index contributed by atoms with van der Waals surface area (Å²) in [7, 11) is 1.57. The largest absolute Gasteiger partial charge is 0.488 e. The molecule has 0 radical (unpaired) electrons. The van der Waals surface area contributed by atoms with E-state index in [4.69, 9.17) is 14.2 Å². The van der Waals surface area contributed by atoms with Crippen molar-refractivity contribution in [2.45, 2.75) is 24.7 Å². The fourth-order valence-corrected chi connectivity index (χ4v) is 1.98. The summed E-state index contributed by atoms with van der Waals surface area (Å²) in [4.78, 5) is 10.1. The van der Waals surface area contributed by atoms with Crippen molar-refractivity contribution in [3.8, 4) is 5.75 Å². The maximum Gasteiger partial charge on any atom is 0.269 e. The maximum atomic E-state index is 10.5. The van der Waals surface area contributed by atoms with Gasteiger partial charge in [0.25, 0.3) is 5.69 Å². The van der Waals surface area contributed by atoms with Crippen molar-refractivity contribution >= 4 is 5.69 Å². The minimum atomic E-state index is -0.546. The highest BCUT2D eigenvalue weighted by Crippen LogP contribution is 2.29. The van der Waals surface area contributed by atoms with Crippen LogP contribution in [0.4, 0.5) is 5.69 Å². The van der Waals surface area contributed by atoms with E-state index < -0.39 is 11.0 Å². The van der Waals surface area contributed by atoms with Gasteiger partial charge < -0.3 is 19.3 Å². The summed E-state index contributed by atoms with van der Waals surface area (Å²) in [6.07, 6.45) is -0.701. The van der Waals surface area contributed by atoms with Crippen LogP contribution >= 0.6 is 0 Å². The Morgan fingerprint density at radius 3 is 2.60 bits per heavy atom. The lowest BCUT2D eigenvalue weighted by atomic mass is 9.88. The molecule has 1 fully saturated rings. The molecule has 7 nitrogen and oxygen atoms in total. The second-order valence-electron chi connectivity index (χ2n) is 4.54. The summed E-state index contributed by atoms with van der Waals surface area (Å²) in [5.41, 5.74) is 0.0129. The molecule has 3 unspecified atom stereocenters. The summed E-state index contributed by atoms with van der Waals surface area (Å²) in [5.74, 6) is 0.521. The van der Waals surface area contributed by atoms with Crippen molar-refractivity contribution in [1.82, 2.24) is 0 Å². The van der Waals surface area contributed by atoms with Gasteiger partial charge in [0.2, 0.25) is 0 Å². The van der Waals surface area contributed by atoms with E-state index in [0.29, 0.717) is 25.4 Å². The van der Waals surface area contributed by atoms with Gasteiger partial charge in [0.1, 0.15) is 18.0 Å². The molecule has 1 aromatic carbocycles. The second-order valence-corrected chi connectivity index (χ2v) is 4.54. The number of ether oxygens (including phenoxy) is 3. The van der Waals surface area contributed by atoms with Crippen LogP contribution < -0.4 is 4.74 Å². The molecule has 20 heavy (non-hydrogen) atoms. The fourth-order valence-electron chi connectivity index (χ4n) is 1.98. The molecule has 0 spiro atoms. The van der Waals surface area contributed by atoms with Crippen molar-refractivity contribution in [2.24, 2.45) is 0 Å². The van der Waals surface area contributed by atoms with E-state index >= 15 is 0 Å². The molecular formula is C13H17NO6. The molecule has 7 heteroatoms. The third-order valence-electron chi connectivity index (χ3n) is 3.15. The number of hydrogen-bond donors (Lipinski definition) is 1. The summed E-state index contributed by atoms with van der Waals surface area (Å²) < 4.78 is 16.0. The molecule has 0 heterocycles. The van der Waals surface area contributed by atoms with E-state index in [1.165, 1.54) is 24.3 Å². The topological polar surface area (TPSA) is 91.1 Å². The monoisotopic (exact) mass is 283 g/mol. The van der Waals surface area contributed by atoms with E-state index in [0.717, 1.165) is 0 Å². The normalized spacial score (nSPS) is 25.0. The van der Waals surface area contributed by atoms with Crippen molar-refractivity contribution in [2.75, 3.05) is 20.3 Å². The first kappa shape index (κ1) is 14.7. The van der Waals surface area contributed by atoms with Gasteiger partial charge in [-0.1, -0.05) is 0 Å². The lowest BCUT2D eigenvalue weighted by molar-refractivity contribution is -0.384. The van der Waals surface area contributed by atoms with Crippen molar-refractivity contribution in [1.29, 1.82) is 0 Å². The maximum absolute atomic E-state index is 10.5. The average molecular weight is 283 g/mol. The second kappa shape index (κ2) is 6.65. The minimum Gasteiger partial charge on any atom is -0.488 e. The predicted octanol–water partition coefficient (Wildman–Crippen LogP) is 1.14. The van der Waals surface area contributed by atoms with Gasteiger partial charge in [0.05, 0.1) is 24.2 Å². The Bertz CT molecular complexity index is 449. The van der Waals surface area contributed by atoms with Gasteiger partial charge >= 0.3 is 0 Å². The number of nitrogens with zero attached hydrogens (tertiary/aromatic N) is 1. The molecule has 3 atom stereocenters. The Balaban J connectivity index is 1.87. The molecule has 0 aromatic heterocycles. The molecule has 1 N–H and O–H groups in total. The molecule has 0 aliphatic heterocycles. The molecule has 1 aliphatic rings. The fraction of sp³-hybridized carbons (Fsp3) is 0.538. The first-order chi connectivity index (χ1) is 9.61. The van der Waals surface area contributed by atoms with Crippen LogP contribution in [0.3, 0.4) is 0 Å². The minimum absolute atomic E-state index is 0.0129. The number of aliphatic hydroxyl groups excluding tert-OH is 1. The predicted molar refractivity (Wildman–Crippen MR) is 69.8 cm³/mol. The van der Waals surface area contributed by atoms with Crippen molar-refractivity contribution < 1.29 is 24.2 Å². The van der Waals surface area contributed by atoms with Crippen LogP contribution in [0.2, 0.25) is 0 Å². The lowest BCUT2D eigenvalue weighted by Gasteiger charge is -2.40.